The smallest absolute Gasteiger partial charge is 0.224 e. The van der Waals surface area contributed by atoms with Crippen LogP contribution in [0.3, 0.4) is 0 Å². The molecule has 0 bridgehead atoms. The number of rotatable bonds is 6. The minimum absolute atomic E-state index is 0.0596. The molecule has 0 atom stereocenters. The molecule has 94 valence electrons. The molecule has 1 aromatic carbocycles. The van der Waals surface area contributed by atoms with Crippen LogP contribution in [0.5, 0.6) is 5.75 Å². The Labute approximate surface area is 111 Å². The van der Waals surface area contributed by atoms with Gasteiger partial charge in [0, 0.05) is 17.3 Å². The van der Waals surface area contributed by atoms with Crippen LogP contribution in [0.15, 0.2) is 18.2 Å². The quantitative estimate of drug-likeness (QED) is 0.635. The van der Waals surface area contributed by atoms with Crippen LogP contribution in [0, 0.1) is 0 Å². The molecule has 1 N–H and O–H groups in total. The molecular formula is C12H15Cl2NO2. The van der Waals surface area contributed by atoms with Crippen LogP contribution in [-0.4, -0.2) is 18.9 Å². The molecule has 5 heteroatoms. The largest absolute Gasteiger partial charge is 0.495 e. The average Bonchev–Trinajstić information content (AvgIpc) is 2.29. The number of alkyl halides is 1. The number of methoxy groups -OCH3 is 1. The van der Waals surface area contributed by atoms with E-state index in [9.17, 15) is 4.79 Å². The Kier molecular flexibility index (Phi) is 6.16. The number of hydrogen-bond donors (Lipinski definition) is 1. The van der Waals surface area contributed by atoms with Crippen molar-refractivity contribution >= 4 is 34.8 Å². The first-order chi connectivity index (χ1) is 8.17. The Morgan fingerprint density at radius 1 is 1.41 bits per heavy atom. The maximum atomic E-state index is 11.6. The van der Waals surface area contributed by atoms with Crippen molar-refractivity contribution in [3.63, 3.8) is 0 Å². The van der Waals surface area contributed by atoms with Crippen LogP contribution < -0.4 is 10.1 Å². The van der Waals surface area contributed by atoms with Gasteiger partial charge in [0.05, 0.1) is 12.8 Å². The molecule has 1 aromatic rings. The zero-order valence-electron chi connectivity index (χ0n) is 9.63. The fourth-order valence-corrected chi connectivity index (χ4v) is 1.73. The Hall–Kier alpha value is -0.930. The van der Waals surface area contributed by atoms with E-state index in [2.05, 4.69) is 5.32 Å². The summed E-state index contributed by atoms with van der Waals surface area (Å²) < 4.78 is 5.13. The summed E-state index contributed by atoms with van der Waals surface area (Å²) in [5, 5.41) is 3.33. The summed E-state index contributed by atoms with van der Waals surface area (Å²) in [6.07, 6.45) is 2.06. The molecule has 0 unspecified atom stereocenters. The Balaban J connectivity index is 2.60. The Morgan fingerprint density at radius 3 is 2.82 bits per heavy atom. The number of anilines is 1. The number of nitrogens with one attached hydrogen (secondary N) is 1. The molecule has 0 aliphatic carbocycles. The highest BCUT2D eigenvalue weighted by molar-refractivity contribution is 6.31. The van der Waals surface area contributed by atoms with Crippen LogP contribution in [-0.2, 0) is 4.79 Å². The minimum Gasteiger partial charge on any atom is -0.495 e. The normalized spacial score (nSPS) is 10.1. The van der Waals surface area contributed by atoms with E-state index in [4.69, 9.17) is 27.9 Å². The van der Waals surface area contributed by atoms with Crippen molar-refractivity contribution in [3.05, 3.63) is 23.2 Å². The highest BCUT2D eigenvalue weighted by Crippen LogP contribution is 2.27. The number of carbonyl (C=O) groups excluding carboxylic acids is 1. The van der Waals surface area contributed by atoms with Gasteiger partial charge >= 0.3 is 0 Å². The van der Waals surface area contributed by atoms with Crippen molar-refractivity contribution in [2.24, 2.45) is 0 Å². The highest BCUT2D eigenvalue weighted by Gasteiger charge is 2.07. The molecule has 0 aliphatic heterocycles. The summed E-state index contributed by atoms with van der Waals surface area (Å²) >= 11 is 11.4. The van der Waals surface area contributed by atoms with Gasteiger partial charge in [-0.3, -0.25) is 4.79 Å². The number of carbonyl (C=O) groups is 1. The molecular weight excluding hydrogens is 261 g/mol. The fraction of sp³-hybridized carbons (Fsp3) is 0.417. The highest BCUT2D eigenvalue weighted by atomic mass is 35.5. The predicted molar refractivity (Wildman–Crippen MR) is 71.2 cm³/mol. The molecule has 1 rings (SSSR count). The lowest BCUT2D eigenvalue weighted by Gasteiger charge is -2.10. The van der Waals surface area contributed by atoms with E-state index < -0.39 is 0 Å². The summed E-state index contributed by atoms with van der Waals surface area (Å²) in [5.41, 5.74) is 0.593. The summed E-state index contributed by atoms with van der Waals surface area (Å²) in [4.78, 5) is 11.6. The van der Waals surface area contributed by atoms with Gasteiger partial charge in [-0.1, -0.05) is 11.6 Å². The summed E-state index contributed by atoms with van der Waals surface area (Å²) in [6, 6.07) is 5.10. The van der Waals surface area contributed by atoms with Gasteiger partial charge in [0.2, 0.25) is 5.91 Å². The van der Waals surface area contributed by atoms with Gasteiger partial charge in [-0.15, -0.1) is 11.6 Å². The SMILES string of the molecule is COc1ccc(Cl)cc1NC(=O)CCCCCl. The number of amides is 1. The molecule has 0 aromatic heterocycles. The standard InChI is InChI=1S/C12H15Cl2NO2/c1-17-11-6-5-9(14)8-10(11)15-12(16)4-2-3-7-13/h5-6,8H,2-4,7H2,1H3,(H,15,16). The first-order valence-corrected chi connectivity index (χ1v) is 6.28. The van der Waals surface area contributed by atoms with Crippen molar-refractivity contribution in [2.45, 2.75) is 19.3 Å². The summed E-state index contributed by atoms with van der Waals surface area (Å²) in [6.45, 7) is 0. The number of hydrogen-bond acceptors (Lipinski definition) is 2. The van der Waals surface area contributed by atoms with Crippen LogP contribution in [0.1, 0.15) is 19.3 Å². The number of unbranched alkanes of at least 4 members (excludes halogenated alkanes) is 1. The van der Waals surface area contributed by atoms with Crippen molar-refractivity contribution < 1.29 is 9.53 Å². The molecule has 0 aliphatic rings. The van der Waals surface area contributed by atoms with Crippen molar-refractivity contribution in [2.75, 3.05) is 18.3 Å². The average molecular weight is 276 g/mol. The second kappa shape index (κ2) is 7.41. The number of ether oxygens (including phenoxy) is 1. The molecule has 1 amide bonds. The predicted octanol–water partition coefficient (Wildman–Crippen LogP) is 3.70. The third-order valence-corrected chi connectivity index (χ3v) is 2.73. The van der Waals surface area contributed by atoms with Crippen LogP contribution in [0.25, 0.3) is 0 Å². The Bertz CT molecular complexity index is 383. The van der Waals surface area contributed by atoms with E-state index in [0.29, 0.717) is 28.8 Å². The molecule has 0 saturated carbocycles. The van der Waals surface area contributed by atoms with Crippen LogP contribution in [0.2, 0.25) is 5.02 Å². The van der Waals surface area contributed by atoms with Gasteiger partial charge in [-0.05, 0) is 31.0 Å². The van der Waals surface area contributed by atoms with Gasteiger partial charge in [0.15, 0.2) is 0 Å². The lowest BCUT2D eigenvalue weighted by atomic mass is 10.2. The van der Waals surface area contributed by atoms with Gasteiger partial charge in [-0.2, -0.15) is 0 Å². The second-order valence-corrected chi connectivity index (χ2v) is 4.35. The van der Waals surface area contributed by atoms with Gasteiger partial charge in [0.25, 0.3) is 0 Å². The lowest BCUT2D eigenvalue weighted by molar-refractivity contribution is -0.116. The fourth-order valence-electron chi connectivity index (χ4n) is 1.37. The Morgan fingerprint density at radius 2 is 2.18 bits per heavy atom. The van der Waals surface area contributed by atoms with Crippen LogP contribution >= 0.6 is 23.2 Å². The maximum Gasteiger partial charge on any atom is 0.224 e. The monoisotopic (exact) mass is 275 g/mol. The molecule has 3 nitrogen and oxygen atoms in total. The second-order valence-electron chi connectivity index (χ2n) is 3.54. The van der Waals surface area contributed by atoms with E-state index in [1.807, 2.05) is 0 Å². The molecule has 0 heterocycles. The van der Waals surface area contributed by atoms with E-state index in [0.717, 1.165) is 12.8 Å². The third kappa shape index (κ3) is 4.84. The summed E-state index contributed by atoms with van der Waals surface area (Å²) in [5.74, 6) is 1.11. The first-order valence-electron chi connectivity index (χ1n) is 5.36. The van der Waals surface area contributed by atoms with E-state index >= 15 is 0 Å². The van der Waals surface area contributed by atoms with E-state index in [1.165, 1.54) is 0 Å². The van der Waals surface area contributed by atoms with Crippen molar-refractivity contribution in [3.8, 4) is 5.75 Å². The third-order valence-electron chi connectivity index (χ3n) is 2.22. The molecule has 0 fully saturated rings. The van der Waals surface area contributed by atoms with Gasteiger partial charge in [0.1, 0.15) is 5.75 Å². The topological polar surface area (TPSA) is 38.3 Å². The number of halogens is 2. The minimum atomic E-state index is -0.0596. The van der Waals surface area contributed by atoms with Crippen molar-refractivity contribution in [1.82, 2.24) is 0 Å². The zero-order valence-corrected chi connectivity index (χ0v) is 11.1. The van der Waals surface area contributed by atoms with Gasteiger partial charge < -0.3 is 10.1 Å². The molecule has 0 radical (unpaired) electrons. The number of benzene rings is 1. The molecule has 0 spiro atoms. The van der Waals surface area contributed by atoms with E-state index in [-0.39, 0.29) is 5.91 Å². The van der Waals surface area contributed by atoms with Crippen LogP contribution in [0.4, 0.5) is 5.69 Å². The zero-order chi connectivity index (χ0) is 12.7. The molecule has 17 heavy (non-hydrogen) atoms. The maximum absolute atomic E-state index is 11.6. The van der Waals surface area contributed by atoms with Crippen molar-refractivity contribution in [1.29, 1.82) is 0 Å². The first kappa shape index (κ1) is 14.1. The van der Waals surface area contributed by atoms with E-state index in [1.54, 1.807) is 25.3 Å². The molecule has 0 saturated heterocycles. The lowest BCUT2D eigenvalue weighted by Crippen LogP contribution is -2.12. The summed E-state index contributed by atoms with van der Waals surface area (Å²) in [7, 11) is 1.55. The van der Waals surface area contributed by atoms with Gasteiger partial charge in [-0.25, -0.2) is 0 Å².